The van der Waals surface area contributed by atoms with Gasteiger partial charge in [0.2, 0.25) is 23.6 Å². The number of amides is 4. The van der Waals surface area contributed by atoms with E-state index in [2.05, 4.69) is 17.6 Å². The number of nitrogens with two attached hydrogens (primary N) is 1. The molecule has 0 radical (unpaired) electrons. The first-order chi connectivity index (χ1) is 25.8. The van der Waals surface area contributed by atoms with Crippen LogP contribution in [0.1, 0.15) is 121 Å². The van der Waals surface area contributed by atoms with Crippen LogP contribution >= 0.6 is 0 Å². The highest BCUT2D eigenvalue weighted by Gasteiger charge is 2.34. The molecular formula is C40H60N4O11. The van der Waals surface area contributed by atoms with E-state index in [1.807, 2.05) is 12.1 Å². The summed E-state index contributed by atoms with van der Waals surface area (Å²) in [4.78, 5) is 114. The van der Waals surface area contributed by atoms with Crippen molar-refractivity contribution in [3.8, 4) is 0 Å². The quantitative estimate of drug-likeness (QED) is 0.0608. The van der Waals surface area contributed by atoms with Gasteiger partial charge in [0.05, 0.1) is 37.1 Å². The lowest BCUT2D eigenvalue weighted by Gasteiger charge is -2.30. The third kappa shape index (κ3) is 17.6. The number of aliphatic hydroxyl groups is 2. The van der Waals surface area contributed by atoms with Gasteiger partial charge in [0.1, 0.15) is 11.8 Å². The number of primary amides is 1. The van der Waals surface area contributed by atoms with Crippen LogP contribution in [0.2, 0.25) is 0 Å². The first-order valence-electron chi connectivity index (χ1n) is 19.0. The Balaban J connectivity index is 2.75. The normalized spacial score (nSPS) is 14.3. The highest BCUT2D eigenvalue weighted by Crippen LogP contribution is 2.17. The molecule has 6 N–H and O–H groups in total. The SMILES string of the molecule is CCCCCCc1ccc(C(=O)C[C@H](CO)C(=O)N[C@H](C)C(=O)CCC(=O)N(C)[C@H](C(=O)C[C@@H](C)C(=O)N[C@@H](CC(N)=O)C(=O)CCC(C)=O)C(C)O)cc1. The van der Waals surface area contributed by atoms with E-state index in [4.69, 9.17) is 5.73 Å². The van der Waals surface area contributed by atoms with E-state index in [9.17, 15) is 53.4 Å². The number of carbonyl (C=O) groups is 9. The fourth-order valence-electron chi connectivity index (χ4n) is 5.94. The number of nitrogens with one attached hydrogen (secondary N) is 2. The summed E-state index contributed by atoms with van der Waals surface area (Å²) >= 11 is 0. The predicted octanol–water partition coefficient (Wildman–Crippen LogP) is 1.95. The van der Waals surface area contributed by atoms with Crippen molar-refractivity contribution >= 4 is 52.5 Å². The Morgan fingerprint density at radius 2 is 1.38 bits per heavy atom. The molecule has 0 aliphatic heterocycles. The highest BCUT2D eigenvalue weighted by atomic mass is 16.3. The fourth-order valence-corrected chi connectivity index (χ4v) is 5.94. The first-order valence-corrected chi connectivity index (χ1v) is 19.0. The molecule has 4 amide bonds. The number of likely N-dealkylation sites (N-methyl/N-ethyl adjacent to an activating group) is 1. The van der Waals surface area contributed by atoms with Gasteiger partial charge in [-0.3, -0.25) is 38.4 Å². The molecule has 15 nitrogen and oxygen atoms in total. The molecule has 0 spiro atoms. The molecule has 0 bridgehead atoms. The van der Waals surface area contributed by atoms with Crippen LogP contribution in [0, 0.1) is 11.8 Å². The van der Waals surface area contributed by atoms with Gasteiger partial charge in [-0.25, -0.2) is 0 Å². The second-order valence-corrected chi connectivity index (χ2v) is 14.4. The van der Waals surface area contributed by atoms with Crippen molar-refractivity contribution in [1.82, 2.24) is 15.5 Å². The molecule has 6 atom stereocenters. The highest BCUT2D eigenvalue weighted by molar-refractivity contribution is 6.00. The Kier molecular flexibility index (Phi) is 21.7. The summed E-state index contributed by atoms with van der Waals surface area (Å²) < 4.78 is 0. The minimum atomic E-state index is -1.39. The number of nitrogens with zero attached hydrogens (tertiary/aromatic N) is 1. The zero-order valence-electron chi connectivity index (χ0n) is 33.1. The minimum absolute atomic E-state index is 0.0882. The van der Waals surface area contributed by atoms with E-state index in [-0.39, 0.29) is 43.7 Å². The molecule has 0 fully saturated rings. The van der Waals surface area contributed by atoms with E-state index in [1.54, 1.807) is 12.1 Å². The molecule has 0 saturated carbocycles. The number of rotatable bonds is 28. The van der Waals surface area contributed by atoms with Gasteiger partial charge in [-0.2, -0.15) is 0 Å². The summed E-state index contributed by atoms with van der Waals surface area (Å²) in [6, 6.07) is 3.40. The van der Waals surface area contributed by atoms with Crippen molar-refractivity contribution in [2.75, 3.05) is 13.7 Å². The summed E-state index contributed by atoms with van der Waals surface area (Å²) in [6.45, 7) is 6.88. The molecule has 306 valence electrons. The van der Waals surface area contributed by atoms with Crippen LogP contribution in [-0.4, -0.2) is 106 Å². The van der Waals surface area contributed by atoms with Gasteiger partial charge in [0, 0.05) is 57.1 Å². The number of hydrogen-bond donors (Lipinski definition) is 5. The summed E-state index contributed by atoms with van der Waals surface area (Å²) in [5, 5.41) is 25.2. The van der Waals surface area contributed by atoms with Gasteiger partial charge in [0.15, 0.2) is 23.1 Å². The third-order valence-electron chi connectivity index (χ3n) is 9.43. The van der Waals surface area contributed by atoms with E-state index >= 15 is 0 Å². The Hall–Kier alpha value is -4.63. The number of carbonyl (C=O) groups excluding carboxylic acids is 9. The summed E-state index contributed by atoms with van der Waals surface area (Å²) in [7, 11) is 1.26. The zero-order chi connectivity index (χ0) is 41.8. The number of hydrogen-bond acceptors (Lipinski definition) is 11. The number of ketones is 5. The van der Waals surface area contributed by atoms with Gasteiger partial charge < -0.3 is 36.3 Å². The number of aliphatic hydroxyl groups excluding tert-OH is 2. The molecule has 1 rings (SSSR count). The second kappa shape index (κ2) is 24.7. The Bertz CT molecular complexity index is 1510. The van der Waals surface area contributed by atoms with E-state index in [0.29, 0.717) is 5.56 Å². The topological polar surface area (TPSA) is 247 Å². The maximum Gasteiger partial charge on any atom is 0.226 e. The molecule has 1 aromatic rings. The van der Waals surface area contributed by atoms with Crippen LogP contribution in [0.3, 0.4) is 0 Å². The van der Waals surface area contributed by atoms with Gasteiger partial charge in [-0.15, -0.1) is 0 Å². The first kappa shape index (κ1) is 48.4. The van der Waals surface area contributed by atoms with Crippen molar-refractivity contribution in [2.45, 2.75) is 136 Å². The van der Waals surface area contributed by atoms with Crippen molar-refractivity contribution in [3.05, 3.63) is 35.4 Å². The van der Waals surface area contributed by atoms with Crippen molar-refractivity contribution in [1.29, 1.82) is 0 Å². The fraction of sp³-hybridized carbons (Fsp3) is 0.625. The van der Waals surface area contributed by atoms with Crippen molar-refractivity contribution in [3.63, 3.8) is 0 Å². The smallest absolute Gasteiger partial charge is 0.226 e. The van der Waals surface area contributed by atoms with E-state index < -0.39 is 96.5 Å². The third-order valence-corrected chi connectivity index (χ3v) is 9.43. The summed E-state index contributed by atoms with van der Waals surface area (Å²) in [6.07, 6.45) is 1.78. The van der Waals surface area contributed by atoms with Crippen molar-refractivity contribution in [2.24, 2.45) is 17.6 Å². The van der Waals surface area contributed by atoms with E-state index in [0.717, 1.165) is 36.1 Å². The number of aryl methyl sites for hydroxylation is 1. The van der Waals surface area contributed by atoms with Gasteiger partial charge in [-0.1, -0.05) is 57.4 Å². The lowest BCUT2D eigenvalue weighted by atomic mass is 9.94. The maximum atomic E-state index is 13.2. The molecule has 1 unspecified atom stereocenters. The standard InChI is InChI=1S/C40H60N4O11/c1-7-8-9-10-11-28-13-15-29(16-14-28)34(50)21-30(23-45)40(55)42-26(4)32(48)18-19-37(53)44(6)38(27(5)47)35(51)20-24(2)39(54)43-31(22-36(41)52)33(49)17-12-25(3)46/h13-16,24,26-27,30-31,38,45,47H,7-12,17-23H2,1-6H3,(H2,41,52)(H,42,55)(H,43,54)/t24-,26-,27?,30-,31+,38+/m1/s1. The molecule has 0 aromatic heterocycles. The second-order valence-electron chi connectivity index (χ2n) is 14.4. The van der Waals surface area contributed by atoms with Crippen molar-refractivity contribution < 1.29 is 53.4 Å². The lowest BCUT2D eigenvalue weighted by Crippen LogP contribution is -2.50. The van der Waals surface area contributed by atoms with Crippen LogP contribution in [0.4, 0.5) is 0 Å². The van der Waals surface area contributed by atoms with Crippen LogP contribution in [0.15, 0.2) is 24.3 Å². The number of Topliss-reactive ketones (excluding diaryl/α,β-unsaturated/α-hetero) is 5. The summed E-state index contributed by atoms with van der Waals surface area (Å²) in [5.41, 5.74) is 6.73. The summed E-state index contributed by atoms with van der Waals surface area (Å²) in [5.74, 6) is -7.53. The Labute approximate surface area is 323 Å². The molecule has 15 heteroatoms. The monoisotopic (exact) mass is 772 g/mol. The largest absolute Gasteiger partial charge is 0.396 e. The lowest BCUT2D eigenvalue weighted by molar-refractivity contribution is -0.143. The maximum absolute atomic E-state index is 13.2. The molecule has 1 aromatic carbocycles. The van der Waals surface area contributed by atoms with Gasteiger partial charge in [-0.05, 0) is 39.2 Å². The van der Waals surface area contributed by atoms with Gasteiger partial charge in [0.25, 0.3) is 0 Å². The Morgan fingerprint density at radius 1 is 0.764 bits per heavy atom. The Morgan fingerprint density at radius 3 is 1.93 bits per heavy atom. The molecule has 0 aliphatic rings. The average molecular weight is 773 g/mol. The van der Waals surface area contributed by atoms with E-state index in [1.165, 1.54) is 41.2 Å². The molecular weight excluding hydrogens is 712 g/mol. The average Bonchev–Trinajstić information content (AvgIpc) is 3.12. The zero-order valence-corrected chi connectivity index (χ0v) is 33.1. The predicted molar refractivity (Wildman–Crippen MR) is 203 cm³/mol. The van der Waals surface area contributed by atoms with Crippen LogP contribution < -0.4 is 16.4 Å². The molecule has 0 saturated heterocycles. The molecule has 55 heavy (non-hydrogen) atoms. The van der Waals surface area contributed by atoms with Crippen LogP contribution in [-0.2, 0) is 44.8 Å². The van der Waals surface area contributed by atoms with Crippen LogP contribution in [0.5, 0.6) is 0 Å². The molecule has 0 aliphatic carbocycles. The minimum Gasteiger partial charge on any atom is -0.396 e. The van der Waals surface area contributed by atoms with Crippen LogP contribution in [0.25, 0.3) is 0 Å². The number of unbranched alkanes of at least 4 members (excludes halogenated alkanes) is 3. The van der Waals surface area contributed by atoms with Gasteiger partial charge >= 0.3 is 0 Å². The number of benzene rings is 1. The molecule has 0 heterocycles.